The van der Waals surface area contributed by atoms with Gasteiger partial charge in [0.05, 0.1) is 28.6 Å². The largest absolute Gasteiger partial charge is 0.354 e. The molecule has 0 bridgehead atoms. The normalized spacial score (nSPS) is 14.7. The lowest BCUT2D eigenvalue weighted by Crippen LogP contribution is -2.10. The fraction of sp³-hybridized carbons (Fsp3) is 0.0435. The Labute approximate surface area is 162 Å². The van der Waals surface area contributed by atoms with Gasteiger partial charge < -0.3 is 15.2 Å². The predicted octanol–water partition coefficient (Wildman–Crippen LogP) is 4.51. The van der Waals surface area contributed by atoms with E-state index in [1.165, 1.54) is 0 Å². The summed E-state index contributed by atoms with van der Waals surface area (Å²) in [5.41, 5.74) is 6.98. The first kappa shape index (κ1) is 16.3. The quantitative estimate of drug-likeness (QED) is 0.525. The number of amides is 1. The van der Waals surface area contributed by atoms with Crippen LogP contribution in [-0.4, -0.2) is 15.5 Å². The molecule has 136 valence electrons. The van der Waals surface area contributed by atoms with E-state index in [1.54, 1.807) is 6.33 Å². The lowest BCUT2D eigenvalue weighted by molar-refractivity contribution is -0.110. The van der Waals surface area contributed by atoms with Gasteiger partial charge in [0, 0.05) is 24.0 Å². The number of benzene rings is 3. The van der Waals surface area contributed by atoms with E-state index in [2.05, 4.69) is 15.6 Å². The number of rotatable bonds is 3. The SMILES string of the molecule is Cn1cnc2ccc(N/C(=C3\C(=O)Nc4ccccc43)c3ccccc3)cc21. The third kappa shape index (κ3) is 2.65. The Kier molecular flexibility index (Phi) is 3.72. The predicted molar refractivity (Wildman–Crippen MR) is 113 cm³/mol. The topological polar surface area (TPSA) is 59.0 Å². The first-order valence-electron chi connectivity index (χ1n) is 9.09. The van der Waals surface area contributed by atoms with Crippen molar-refractivity contribution < 1.29 is 4.79 Å². The molecule has 0 fully saturated rings. The molecule has 4 aromatic rings. The van der Waals surface area contributed by atoms with Crippen molar-refractivity contribution >= 4 is 39.6 Å². The smallest absolute Gasteiger partial charge is 0.258 e. The Morgan fingerprint density at radius 2 is 1.79 bits per heavy atom. The van der Waals surface area contributed by atoms with Crippen LogP contribution in [0, 0.1) is 0 Å². The number of carbonyl (C=O) groups excluding carboxylic acids is 1. The van der Waals surface area contributed by atoms with Crippen LogP contribution in [0.3, 0.4) is 0 Å². The molecule has 1 aliphatic rings. The number of carbonyl (C=O) groups is 1. The second kappa shape index (κ2) is 6.39. The molecule has 1 amide bonds. The summed E-state index contributed by atoms with van der Waals surface area (Å²) in [5.74, 6) is -0.103. The molecule has 28 heavy (non-hydrogen) atoms. The zero-order valence-electron chi connectivity index (χ0n) is 15.3. The van der Waals surface area contributed by atoms with Gasteiger partial charge in [0.25, 0.3) is 5.91 Å². The summed E-state index contributed by atoms with van der Waals surface area (Å²) in [4.78, 5) is 17.2. The maximum absolute atomic E-state index is 12.8. The fourth-order valence-electron chi connectivity index (χ4n) is 3.60. The molecule has 1 aromatic heterocycles. The summed E-state index contributed by atoms with van der Waals surface area (Å²) in [7, 11) is 1.97. The van der Waals surface area contributed by atoms with Crippen molar-refractivity contribution in [2.24, 2.45) is 7.05 Å². The van der Waals surface area contributed by atoms with E-state index in [0.717, 1.165) is 39.2 Å². The number of nitrogens with zero attached hydrogens (tertiary/aromatic N) is 2. The van der Waals surface area contributed by atoms with Crippen LogP contribution in [0.5, 0.6) is 0 Å². The van der Waals surface area contributed by atoms with E-state index in [-0.39, 0.29) is 5.91 Å². The number of imidazole rings is 1. The number of para-hydroxylation sites is 1. The Bertz CT molecular complexity index is 1240. The van der Waals surface area contributed by atoms with Crippen LogP contribution in [0.15, 0.2) is 79.1 Å². The molecule has 0 unspecified atom stereocenters. The first-order valence-corrected chi connectivity index (χ1v) is 9.09. The Balaban J connectivity index is 1.69. The average molecular weight is 366 g/mol. The molecule has 2 N–H and O–H groups in total. The Hall–Kier alpha value is -3.86. The summed E-state index contributed by atoms with van der Waals surface area (Å²) >= 11 is 0. The highest BCUT2D eigenvalue weighted by Crippen LogP contribution is 2.37. The lowest BCUT2D eigenvalue weighted by Gasteiger charge is -2.15. The van der Waals surface area contributed by atoms with Gasteiger partial charge in [-0.25, -0.2) is 4.98 Å². The number of nitrogens with one attached hydrogen (secondary N) is 2. The number of fused-ring (bicyclic) bond motifs is 2. The van der Waals surface area contributed by atoms with Crippen molar-refractivity contribution in [1.82, 2.24) is 9.55 Å². The average Bonchev–Trinajstić information content (AvgIpc) is 3.26. The number of aromatic nitrogens is 2. The Morgan fingerprint density at radius 1 is 1.00 bits per heavy atom. The maximum atomic E-state index is 12.8. The molecule has 5 heteroatoms. The van der Waals surface area contributed by atoms with Crippen LogP contribution in [0.25, 0.3) is 22.3 Å². The molecule has 2 heterocycles. The highest BCUT2D eigenvalue weighted by molar-refractivity contribution is 6.37. The van der Waals surface area contributed by atoms with Crippen LogP contribution in [0.1, 0.15) is 11.1 Å². The summed E-state index contributed by atoms with van der Waals surface area (Å²) in [6.07, 6.45) is 1.80. The minimum Gasteiger partial charge on any atom is -0.354 e. The molecule has 0 saturated heterocycles. The van der Waals surface area contributed by atoms with Crippen LogP contribution < -0.4 is 10.6 Å². The molecule has 0 aliphatic carbocycles. The molecule has 5 rings (SSSR count). The monoisotopic (exact) mass is 366 g/mol. The molecular formula is C23H18N4O. The van der Waals surface area contributed by atoms with Gasteiger partial charge in [-0.15, -0.1) is 0 Å². The van der Waals surface area contributed by atoms with Gasteiger partial charge >= 0.3 is 0 Å². The molecule has 0 spiro atoms. The minimum atomic E-state index is -0.103. The zero-order chi connectivity index (χ0) is 19.1. The zero-order valence-corrected chi connectivity index (χ0v) is 15.3. The second-order valence-electron chi connectivity index (χ2n) is 6.80. The number of aryl methyl sites for hydroxylation is 1. The van der Waals surface area contributed by atoms with E-state index in [4.69, 9.17) is 0 Å². The van der Waals surface area contributed by atoms with E-state index in [9.17, 15) is 4.79 Å². The van der Waals surface area contributed by atoms with Crippen LogP contribution in [0.4, 0.5) is 11.4 Å². The van der Waals surface area contributed by atoms with Gasteiger partial charge in [-0.1, -0.05) is 48.5 Å². The van der Waals surface area contributed by atoms with Gasteiger partial charge in [0.15, 0.2) is 0 Å². The minimum absolute atomic E-state index is 0.103. The summed E-state index contributed by atoms with van der Waals surface area (Å²) < 4.78 is 1.98. The van der Waals surface area contributed by atoms with Gasteiger partial charge in [-0.2, -0.15) is 0 Å². The summed E-state index contributed by atoms with van der Waals surface area (Å²) in [5, 5.41) is 6.46. The second-order valence-corrected chi connectivity index (χ2v) is 6.80. The molecule has 0 atom stereocenters. The van der Waals surface area contributed by atoms with Crippen molar-refractivity contribution in [2.45, 2.75) is 0 Å². The van der Waals surface area contributed by atoms with Crippen molar-refractivity contribution in [1.29, 1.82) is 0 Å². The molecule has 0 radical (unpaired) electrons. The number of hydrogen-bond donors (Lipinski definition) is 2. The highest BCUT2D eigenvalue weighted by Gasteiger charge is 2.28. The third-order valence-electron chi connectivity index (χ3n) is 4.98. The first-order chi connectivity index (χ1) is 13.7. The number of hydrogen-bond acceptors (Lipinski definition) is 3. The van der Waals surface area contributed by atoms with E-state index in [1.807, 2.05) is 84.4 Å². The molecule has 5 nitrogen and oxygen atoms in total. The summed E-state index contributed by atoms with van der Waals surface area (Å²) in [6, 6.07) is 23.7. The highest BCUT2D eigenvalue weighted by atomic mass is 16.2. The molecule has 3 aromatic carbocycles. The molecular weight excluding hydrogens is 348 g/mol. The van der Waals surface area contributed by atoms with Gasteiger partial charge in [-0.3, -0.25) is 4.79 Å². The molecule has 0 saturated carbocycles. The van der Waals surface area contributed by atoms with Gasteiger partial charge in [0.1, 0.15) is 0 Å². The van der Waals surface area contributed by atoms with Gasteiger partial charge in [-0.05, 0) is 29.8 Å². The van der Waals surface area contributed by atoms with Crippen molar-refractivity contribution in [3.05, 3.63) is 90.3 Å². The van der Waals surface area contributed by atoms with Crippen LogP contribution in [-0.2, 0) is 11.8 Å². The summed E-state index contributed by atoms with van der Waals surface area (Å²) in [6.45, 7) is 0. The third-order valence-corrected chi connectivity index (χ3v) is 4.98. The van der Waals surface area contributed by atoms with Crippen molar-refractivity contribution in [3.8, 4) is 0 Å². The van der Waals surface area contributed by atoms with Crippen molar-refractivity contribution in [3.63, 3.8) is 0 Å². The molecule has 1 aliphatic heterocycles. The van der Waals surface area contributed by atoms with E-state index in [0.29, 0.717) is 5.57 Å². The number of anilines is 2. The van der Waals surface area contributed by atoms with E-state index < -0.39 is 0 Å². The van der Waals surface area contributed by atoms with Gasteiger partial charge in [0.2, 0.25) is 0 Å². The lowest BCUT2D eigenvalue weighted by atomic mass is 10.00. The fourth-order valence-corrected chi connectivity index (χ4v) is 3.60. The standard InChI is InChI=1S/C23H18N4O/c1-27-14-24-19-12-11-16(13-20(19)27)25-22(15-7-3-2-4-8-15)21-17-9-5-6-10-18(17)26-23(21)28/h2-14,25H,1H3,(H,26,28)/b22-21-. The van der Waals surface area contributed by atoms with Crippen molar-refractivity contribution in [2.75, 3.05) is 10.6 Å². The Morgan fingerprint density at radius 3 is 2.64 bits per heavy atom. The maximum Gasteiger partial charge on any atom is 0.258 e. The van der Waals surface area contributed by atoms with E-state index >= 15 is 0 Å². The van der Waals surface area contributed by atoms with Crippen LogP contribution >= 0.6 is 0 Å². The van der Waals surface area contributed by atoms with Crippen LogP contribution in [0.2, 0.25) is 0 Å².